The fraction of sp³-hybridized carbons (Fsp3) is 0.412. The number of carbonyl (C=O) groups excluding carboxylic acids is 3. The summed E-state index contributed by atoms with van der Waals surface area (Å²) in [5, 5.41) is 2.81. The summed E-state index contributed by atoms with van der Waals surface area (Å²) in [7, 11) is 1.40. The van der Waals surface area contributed by atoms with Gasteiger partial charge in [-0.1, -0.05) is 6.07 Å². The van der Waals surface area contributed by atoms with Crippen LogP contribution < -0.4 is 14.8 Å². The van der Waals surface area contributed by atoms with Crippen molar-refractivity contribution in [1.82, 2.24) is 10.2 Å². The lowest BCUT2D eigenvalue weighted by Crippen LogP contribution is -2.43. The summed E-state index contributed by atoms with van der Waals surface area (Å²) in [6.45, 7) is 2.20. The van der Waals surface area contributed by atoms with Gasteiger partial charge in [0.05, 0.1) is 5.92 Å². The lowest BCUT2D eigenvalue weighted by atomic mass is 9.95. The molecule has 2 aliphatic heterocycles. The number of benzene rings is 1. The number of imide groups is 1. The van der Waals surface area contributed by atoms with Crippen molar-refractivity contribution in [2.24, 2.45) is 10.9 Å². The Hall–Kier alpha value is -2.90. The third-order valence-corrected chi connectivity index (χ3v) is 4.28. The van der Waals surface area contributed by atoms with E-state index in [1.165, 1.54) is 7.05 Å². The third kappa shape index (κ3) is 3.62. The van der Waals surface area contributed by atoms with E-state index >= 15 is 0 Å². The Balaban J connectivity index is 1.51. The van der Waals surface area contributed by atoms with E-state index in [-0.39, 0.29) is 25.0 Å². The predicted molar refractivity (Wildman–Crippen MR) is 88.4 cm³/mol. The van der Waals surface area contributed by atoms with Gasteiger partial charge in [-0.2, -0.15) is 0 Å². The second-order valence-corrected chi connectivity index (χ2v) is 5.99. The molecule has 1 N–H and O–H groups in total. The summed E-state index contributed by atoms with van der Waals surface area (Å²) >= 11 is 0. The van der Waals surface area contributed by atoms with Crippen LogP contribution in [0.25, 0.3) is 0 Å². The van der Waals surface area contributed by atoms with Crippen LogP contribution in [-0.2, 0) is 16.1 Å². The Bertz CT molecular complexity index is 759. The first kappa shape index (κ1) is 16.9. The van der Waals surface area contributed by atoms with Gasteiger partial charge in [0.15, 0.2) is 11.5 Å². The molecule has 1 aromatic carbocycles. The SMILES string of the molecule is CC1=NC(=O)N(C)C(=O)C1CCC(=O)NCc1ccc2c(c1)OCO2. The maximum atomic E-state index is 12.1. The molecule has 0 radical (unpaired) electrons. The molecule has 1 aromatic rings. The van der Waals surface area contributed by atoms with E-state index in [4.69, 9.17) is 9.47 Å². The highest BCUT2D eigenvalue weighted by Gasteiger charge is 2.33. The lowest BCUT2D eigenvalue weighted by Gasteiger charge is -2.25. The van der Waals surface area contributed by atoms with Crippen molar-refractivity contribution in [3.8, 4) is 11.5 Å². The van der Waals surface area contributed by atoms with Gasteiger partial charge >= 0.3 is 6.03 Å². The van der Waals surface area contributed by atoms with Gasteiger partial charge in [0.1, 0.15) is 0 Å². The number of nitrogens with one attached hydrogen (secondary N) is 1. The zero-order valence-electron chi connectivity index (χ0n) is 14.1. The van der Waals surface area contributed by atoms with E-state index in [0.717, 1.165) is 10.5 Å². The van der Waals surface area contributed by atoms with Crippen molar-refractivity contribution in [1.29, 1.82) is 0 Å². The number of urea groups is 1. The molecule has 0 saturated carbocycles. The van der Waals surface area contributed by atoms with E-state index in [1.54, 1.807) is 13.0 Å². The van der Waals surface area contributed by atoms with Crippen LogP contribution in [0.1, 0.15) is 25.3 Å². The molecule has 132 valence electrons. The second kappa shape index (κ2) is 6.92. The fourth-order valence-electron chi connectivity index (χ4n) is 2.76. The summed E-state index contributed by atoms with van der Waals surface area (Å²) in [4.78, 5) is 40.4. The molecule has 0 spiro atoms. The van der Waals surface area contributed by atoms with Crippen molar-refractivity contribution >= 4 is 23.6 Å². The summed E-state index contributed by atoms with van der Waals surface area (Å²) in [6.07, 6.45) is 0.495. The smallest absolute Gasteiger partial charge is 0.349 e. The summed E-state index contributed by atoms with van der Waals surface area (Å²) < 4.78 is 10.5. The topological polar surface area (TPSA) is 97.3 Å². The van der Waals surface area contributed by atoms with Crippen LogP contribution in [0.4, 0.5) is 4.79 Å². The van der Waals surface area contributed by atoms with E-state index in [9.17, 15) is 14.4 Å². The predicted octanol–water partition coefficient (Wildman–Crippen LogP) is 1.48. The molecule has 8 heteroatoms. The first-order valence-corrected chi connectivity index (χ1v) is 7.97. The first-order valence-electron chi connectivity index (χ1n) is 7.97. The monoisotopic (exact) mass is 345 g/mol. The second-order valence-electron chi connectivity index (χ2n) is 5.99. The standard InChI is InChI=1S/C17H19N3O5/c1-10-12(16(22)20(2)17(23)19-10)4-6-15(21)18-8-11-3-5-13-14(7-11)25-9-24-13/h3,5,7,12H,4,6,8-9H2,1-2H3,(H,18,21). The lowest BCUT2D eigenvalue weighted by molar-refractivity contribution is -0.130. The maximum Gasteiger partial charge on any atom is 0.349 e. The van der Waals surface area contributed by atoms with Crippen LogP contribution in [0.2, 0.25) is 0 Å². The van der Waals surface area contributed by atoms with Gasteiger partial charge in [-0.15, -0.1) is 0 Å². The highest BCUT2D eigenvalue weighted by molar-refractivity contribution is 6.15. The molecule has 25 heavy (non-hydrogen) atoms. The zero-order chi connectivity index (χ0) is 18.0. The molecular formula is C17H19N3O5. The maximum absolute atomic E-state index is 12.1. The van der Waals surface area contributed by atoms with Gasteiger partial charge in [-0.3, -0.25) is 14.5 Å². The number of hydrogen-bond acceptors (Lipinski definition) is 5. The van der Waals surface area contributed by atoms with Crippen molar-refractivity contribution in [3.05, 3.63) is 23.8 Å². The zero-order valence-corrected chi connectivity index (χ0v) is 14.1. The van der Waals surface area contributed by atoms with Gasteiger partial charge in [0, 0.05) is 25.7 Å². The van der Waals surface area contributed by atoms with Crippen LogP contribution in [-0.4, -0.2) is 42.3 Å². The van der Waals surface area contributed by atoms with E-state index in [2.05, 4.69) is 10.3 Å². The molecule has 0 saturated heterocycles. The number of amides is 4. The van der Waals surface area contributed by atoms with Gasteiger partial charge in [0.25, 0.3) is 0 Å². The van der Waals surface area contributed by atoms with Crippen molar-refractivity contribution < 1.29 is 23.9 Å². The van der Waals surface area contributed by atoms with Gasteiger partial charge in [0.2, 0.25) is 18.6 Å². The Morgan fingerprint density at radius 3 is 2.88 bits per heavy atom. The van der Waals surface area contributed by atoms with E-state index in [0.29, 0.717) is 30.2 Å². The van der Waals surface area contributed by atoms with Crippen molar-refractivity contribution in [3.63, 3.8) is 0 Å². The Labute approximate surface area is 144 Å². The van der Waals surface area contributed by atoms with Gasteiger partial charge < -0.3 is 14.8 Å². The highest BCUT2D eigenvalue weighted by atomic mass is 16.7. The fourth-order valence-corrected chi connectivity index (χ4v) is 2.76. The van der Waals surface area contributed by atoms with Crippen LogP contribution in [0.3, 0.4) is 0 Å². The number of fused-ring (bicyclic) bond motifs is 1. The van der Waals surface area contributed by atoms with Crippen LogP contribution in [0.5, 0.6) is 11.5 Å². The van der Waals surface area contributed by atoms with Crippen molar-refractivity contribution in [2.75, 3.05) is 13.8 Å². The van der Waals surface area contributed by atoms with Crippen LogP contribution >= 0.6 is 0 Å². The minimum absolute atomic E-state index is 0.169. The number of carbonyl (C=O) groups is 3. The molecule has 0 aliphatic carbocycles. The Morgan fingerprint density at radius 2 is 2.08 bits per heavy atom. The minimum Gasteiger partial charge on any atom is -0.454 e. The van der Waals surface area contributed by atoms with Gasteiger partial charge in [-0.05, 0) is 31.0 Å². The largest absolute Gasteiger partial charge is 0.454 e. The molecule has 0 aromatic heterocycles. The van der Waals surface area contributed by atoms with E-state index in [1.807, 2.05) is 12.1 Å². The van der Waals surface area contributed by atoms with Gasteiger partial charge in [-0.25, -0.2) is 9.79 Å². The molecule has 1 atom stereocenters. The number of nitrogens with zero attached hydrogens (tertiary/aromatic N) is 2. The van der Waals surface area contributed by atoms with E-state index < -0.39 is 11.9 Å². The number of aliphatic imine (C=N–C) groups is 1. The van der Waals surface area contributed by atoms with Crippen LogP contribution in [0, 0.1) is 5.92 Å². The average molecular weight is 345 g/mol. The Kier molecular flexibility index (Phi) is 4.69. The summed E-state index contributed by atoms with van der Waals surface area (Å²) in [6, 6.07) is 4.92. The quantitative estimate of drug-likeness (QED) is 0.872. The molecule has 4 amide bonds. The normalized spacial score (nSPS) is 19.0. The average Bonchev–Trinajstić information content (AvgIpc) is 3.05. The third-order valence-electron chi connectivity index (χ3n) is 4.28. The molecule has 0 bridgehead atoms. The molecule has 1 unspecified atom stereocenters. The molecule has 2 heterocycles. The van der Waals surface area contributed by atoms with Crippen LogP contribution in [0.15, 0.2) is 23.2 Å². The number of rotatable bonds is 5. The number of ether oxygens (including phenoxy) is 2. The van der Waals surface area contributed by atoms with Crippen molar-refractivity contribution in [2.45, 2.75) is 26.3 Å². The summed E-state index contributed by atoms with van der Waals surface area (Å²) in [5.74, 6) is 0.344. The minimum atomic E-state index is -0.564. The number of hydrogen-bond donors (Lipinski definition) is 1. The molecule has 8 nitrogen and oxygen atoms in total. The molecule has 3 rings (SSSR count). The highest BCUT2D eigenvalue weighted by Crippen LogP contribution is 2.32. The Morgan fingerprint density at radius 1 is 1.32 bits per heavy atom. The molecule has 0 fully saturated rings. The molecular weight excluding hydrogens is 326 g/mol. The first-order chi connectivity index (χ1) is 12.0. The molecule has 2 aliphatic rings. The summed E-state index contributed by atoms with van der Waals surface area (Å²) in [5.41, 5.74) is 1.35.